The summed E-state index contributed by atoms with van der Waals surface area (Å²) in [5.74, 6) is -2.10. The molecule has 2 N–H and O–H groups in total. The van der Waals surface area contributed by atoms with Crippen LogP contribution in [0.2, 0.25) is 0 Å². The monoisotopic (exact) mass is 315 g/mol. The number of hydrogen-bond donors (Lipinski definition) is 2. The van der Waals surface area contributed by atoms with Crippen molar-refractivity contribution in [3.05, 3.63) is 35.4 Å². The van der Waals surface area contributed by atoms with E-state index in [1.807, 2.05) is 6.92 Å². The fraction of sp³-hybridized carbons (Fsp3) is 0.385. The molecular formula is C13H15F2N3O2S. The van der Waals surface area contributed by atoms with Crippen LogP contribution in [0.5, 0.6) is 0 Å². The Balaban J connectivity index is 1.93. The van der Waals surface area contributed by atoms with Crippen molar-refractivity contribution in [1.82, 2.24) is 10.2 Å². The summed E-state index contributed by atoms with van der Waals surface area (Å²) in [6, 6.07) is 4.71. The topological polar surface area (TPSA) is 70.9 Å². The zero-order chi connectivity index (χ0) is 15.2. The predicted octanol–water partition coefficient (Wildman–Crippen LogP) is 3.66. The van der Waals surface area contributed by atoms with Gasteiger partial charge in [0.2, 0.25) is 0 Å². The molecule has 0 saturated heterocycles. The molecule has 0 saturated carbocycles. The molecule has 0 unspecified atom stereocenters. The smallest absolute Gasteiger partial charge is 0.292 e. The molecule has 0 aliphatic carbocycles. The summed E-state index contributed by atoms with van der Waals surface area (Å²) >= 11 is 0.446. The fourth-order valence-corrected chi connectivity index (χ4v) is 2.17. The Bertz CT molecular complexity index is 598. The molecule has 0 aliphatic heterocycles. The maximum absolute atomic E-state index is 12.1. The molecule has 0 radical (unpaired) electrons. The Morgan fingerprint density at radius 3 is 3.05 bits per heavy atom. The van der Waals surface area contributed by atoms with Crippen molar-refractivity contribution >= 4 is 23.5 Å². The third-order valence-corrected chi connectivity index (χ3v) is 3.33. The molecule has 1 amide bonds. The van der Waals surface area contributed by atoms with Crippen LogP contribution in [0.15, 0.2) is 22.6 Å². The average molecular weight is 315 g/mol. The van der Waals surface area contributed by atoms with E-state index in [4.69, 9.17) is 4.42 Å². The minimum absolute atomic E-state index is 0.0218. The van der Waals surface area contributed by atoms with Crippen LogP contribution in [0.25, 0.3) is 0 Å². The molecule has 0 atom stereocenters. The number of furan rings is 1. The minimum atomic E-state index is -2.46. The van der Waals surface area contributed by atoms with E-state index in [0.717, 1.165) is 18.5 Å². The number of H-pyrrole nitrogens is 1. The molecule has 0 fully saturated rings. The van der Waals surface area contributed by atoms with Gasteiger partial charge in [0, 0.05) is 11.8 Å². The first-order valence-corrected chi connectivity index (χ1v) is 7.47. The Kier molecular flexibility index (Phi) is 5.38. The number of aromatic nitrogens is 2. The van der Waals surface area contributed by atoms with E-state index in [2.05, 4.69) is 15.5 Å². The molecule has 0 bridgehead atoms. The molecule has 114 valence electrons. The lowest BCUT2D eigenvalue weighted by atomic mass is 10.2. The van der Waals surface area contributed by atoms with E-state index < -0.39 is 11.7 Å². The average Bonchev–Trinajstić information content (AvgIpc) is 3.06. The van der Waals surface area contributed by atoms with E-state index in [1.54, 1.807) is 6.07 Å². The van der Waals surface area contributed by atoms with Gasteiger partial charge in [-0.2, -0.15) is 13.9 Å². The van der Waals surface area contributed by atoms with Gasteiger partial charge in [0.25, 0.3) is 11.7 Å². The zero-order valence-electron chi connectivity index (χ0n) is 11.4. The van der Waals surface area contributed by atoms with Crippen molar-refractivity contribution in [3.8, 4) is 0 Å². The van der Waals surface area contributed by atoms with Gasteiger partial charge in [-0.05, 0) is 18.6 Å². The normalized spacial score (nSPS) is 11.0. The van der Waals surface area contributed by atoms with E-state index >= 15 is 0 Å². The first-order chi connectivity index (χ1) is 10.1. The van der Waals surface area contributed by atoms with Gasteiger partial charge >= 0.3 is 0 Å². The number of aryl methyl sites for hydroxylation is 1. The highest BCUT2D eigenvalue weighted by atomic mass is 32.2. The van der Waals surface area contributed by atoms with Gasteiger partial charge in [-0.3, -0.25) is 9.89 Å². The van der Waals surface area contributed by atoms with Crippen molar-refractivity contribution in [2.24, 2.45) is 0 Å². The van der Waals surface area contributed by atoms with Crippen LogP contribution in [0.3, 0.4) is 0 Å². The van der Waals surface area contributed by atoms with Crippen LogP contribution in [-0.4, -0.2) is 21.9 Å². The van der Waals surface area contributed by atoms with Crippen molar-refractivity contribution < 1.29 is 18.0 Å². The lowest BCUT2D eigenvalue weighted by Gasteiger charge is -1.98. The second-order valence-electron chi connectivity index (χ2n) is 4.32. The number of hydrogen-bond acceptors (Lipinski definition) is 4. The fourth-order valence-electron chi connectivity index (χ4n) is 1.72. The van der Waals surface area contributed by atoms with Gasteiger partial charge in [0.05, 0.1) is 5.75 Å². The van der Waals surface area contributed by atoms with Crippen LogP contribution < -0.4 is 5.32 Å². The molecule has 0 aliphatic rings. The van der Waals surface area contributed by atoms with Gasteiger partial charge < -0.3 is 9.73 Å². The lowest BCUT2D eigenvalue weighted by molar-refractivity contribution is 0.0995. The molecule has 21 heavy (non-hydrogen) atoms. The third-order valence-electron chi connectivity index (χ3n) is 2.63. The van der Waals surface area contributed by atoms with Gasteiger partial charge in [-0.25, -0.2) is 0 Å². The Labute approximate surface area is 124 Å². The van der Waals surface area contributed by atoms with E-state index in [1.165, 1.54) is 12.1 Å². The quantitative estimate of drug-likeness (QED) is 0.818. The van der Waals surface area contributed by atoms with Gasteiger partial charge in [-0.15, -0.1) is 0 Å². The molecule has 0 spiro atoms. The highest BCUT2D eigenvalue weighted by molar-refractivity contribution is 7.98. The Morgan fingerprint density at radius 2 is 2.33 bits per heavy atom. The molecule has 2 aromatic heterocycles. The zero-order valence-corrected chi connectivity index (χ0v) is 12.2. The number of halogens is 2. The van der Waals surface area contributed by atoms with Crippen molar-refractivity contribution in [2.45, 2.75) is 31.3 Å². The Morgan fingerprint density at radius 1 is 1.52 bits per heavy atom. The van der Waals surface area contributed by atoms with Crippen molar-refractivity contribution in [1.29, 1.82) is 0 Å². The van der Waals surface area contributed by atoms with Crippen LogP contribution in [0.1, 0.15) is 35.4 Å². The number of carbonyl (C=O) groups is 1. The van der Waals surface area contributed by atoms with Gasteiger partial charge in [-0.1, -0.05) is 25.1 Å². The second-order valence-corrected chi connectivity index (χ2v) is 5.30. The summed E-state index contributed by atoms with van der Waals surface area (Å²) < 4.78 is 29.4. The Hall–Kier alpha value is -1.83. The molecule has 0 aromatic carbocycles. The van der Waals surface area contributed by atoms with Crippen LogP contribution in [0.4, 0.5) is 14.6 Å². The SMILES string of the molecule is CCCc1cc(NC(=O)c2ccc(CSC(F)F)o2)n[nH]1. The number of anilines is 1. The lowest BCUT2D eigenvalue weighted by Crippen LogP contribution is -2.11. The van der Waals surface area contributed by atoms with E-state index in [9.17, 15) is 13.6 Å². The summed E-state index contributed by atoms with van der Waals surface area (Å²) in [7, 11) is 0. The van der Waals surface area contributed by atoms with Crippen LogP contribution >= 0.6 is 11.8 Å². The summed E-state index contributed by atoms with van der Waals surface area (Å²) in [5, 5.41) is 9.37. The molecular weight excluding hydrogens is 300 g/mol. The summed E-state index contributed by atoms with van der Waals surface area (Å²) in [6.45, 7) is 2.04. The third kappa shape index (κ3) is 4.59. The summed E-state index contributed by atoms with van der Waals surface area (Å²) in [6.07, 6.45) is 1.82. The van der Waals surface area contributed by atoms with Crippen molar-refractivity contribution in [2.75, 3.05) is 5.32 Å². The number of alkyl halides is 2. The number of rotatable bonds is 7. The largest absolute Gasteiger partial charge is 0.455 e. The number of thioether (sulfide) groups is 1. The first kappa shape index (κ1) is 15.6. The molecule has 2 rings (SSSR count). The van der Waals surface area contributed by atoms with Crippen LogP contribution in [0, 0.1) is 0 Å². The van der Waals surface area contributed by atoms with E-state index in [0.29, 0.717) is 23.3 Å². The summed E-state index contributed by atoms with van der Waals surface area (Å²) in [5.41, 5.74) is 0.932. The first-order valence-electron chi connectivity index (χ1n) is 6.42. The van der Waals surface area contributed by atoms with E-state index in [-0.39, 0.29) is 11.5 Å². The van der Waals surface area contributed by atoms with Gasteiger partial charge in [0.15, 0.2) is 11.6 Å². The second kappa shape index (κ2) is 7.26. The predicted molar refractivity (Wildman–Crippen MR) is 76.5 cm³/mol. The molecule has 8 heteroatoms. The highest BCUT2D eigenvalue weighted by Crippen LogP contribution is 2.21. The number of nitrogens with zero attached hydrogens (tertiary/aromatic N) is 1. The number of aromatic amines is 1. The van der Waals surface area contributed by atoms with Crippen molar-refractivity contribution in [3.63, 3.8) is 0 Å². The number of carbonyl (C=O) groups excluding carboxylic acids is 1. The number of amides is 1. The van der Waals surface area contributed by atoms with Gasteiger partial charge in [0.1, 0.15) is 5.76 Å². The standard InChI is InChI=1S/C13H15F2N3O2S/c1-2-3-8-6-11(18-17-8)16-12(19)10-5-4-9(20-10)7-21-13(14)15/h4-6,13H,2-3,7H2,1H3,(H2,16,17,18,19). The molecule has 2 aromatic rings. The molecule has 5 nitrogen and oxygen atoms in total. The minimum Gasteiger partial charge on any atom is -0.455 e. The maximum Gasteiger partial charge on any atom is 0.292 e. The number of nitrogens with one attached hydrogen (secondary N) is 2. The summed E-state index contributed by atoms with van der Waals surface area (Å²) in [4.78, 5) is 11.9. The maximum atomic E-state index is 12.1. The molecule has 2 heterocycles. The highest BCUT2D eigenvalue weighted by Gasteiger charge is 2.14. The van der Waals surface area contributed by atoms with Crippen LogP contribution in [-0.2, 0) is 12.2 Å².